The first-order valence-corrected chi connectivity index (χ1v) is 14.0. The largest absolute Gasteiger partial charge is 0.502 e. The first-order valence-electron chi connectivity index (χ1n) is 14.0. The highest BCUT2D eigenvalue weighted by Crippen LogP contribution is 2.41. The van der Waals surface area contributed by atoms with Crippen LogP contribution in [0, 0.1) is 13.8 Å². The highest BCUT2D eigenvalue weighted by molar-refractivity contribution is 6.01. The van der Waals surface area contributed by atoms with E-state index in [4.69, 9.17) is 9.47 Å². The summed E-state index contributed by atoms with van der Waals surface area (Å²) in [5.74, 6) is 0.520. The molecule has 0 fully saturated rings. The van der Waals surface area contributed by atoms with Crippen molar-refractivity contribution in [1.29, 1.82) is 0 Å². The van der Waals surface area contributed by atoms with Gasteiger partial charge < -0.3 is 19.5 Å². The molecular formula is C32H47NO4. The fraction of sp³-hybridized carbons (Fsp3) is 0.531. The molecule has 1 N–H and O–H groups in total. The Morgan fingerprint density at radius 1 is 0.865 bits per heavy atom. The number of hydrogen-bond donors (Lipinski definition) is 1. The smallest absolute Gasteiger partial charge is 0.250 e. The molecule has 2 aromatic carbocycles. The minimum Gasteiger partial charge on any atom is -0.502 e. The Labute approximate surface area is 224 Å². The van der Waals surface area contributed by atoms with Crippen molar-refractivity contribution in [2.75, 3.05) is 24.7 Å². The Bertz CT molecular complexity index is 950. The van der Waals surface area contributed by atoms with Crippen LogP contribution in [-0.4, -0.2) is 30.8 Å². The number of rotatable bonds is 18. The van der Waals surface area contributed by atoms with E-state index < -0.39 is 0 Å². The Hall–Kier alpha value is -2.95. The van der Waals surface area contributed by atoms with Crippen LogP contribution in [0.5, 0.6) is 17.2 Å². The summed E-state index contributed by atoms with van der Waals surface area (Å²) < 4.78 is 12.0. The Morgan fingerprint density at radius 3 is 1.97 bits per heavy atom. The van der Waals surface area contributed by atoms with Crippen LogP contribution in [0.15, 0.2) is 43.0 Å². The number of amides is 1. The fourth-order valence-corrected chi connectivity index (χ4v) is 4.24. The number of aryl methyl sites for hydroxylation is 3. The predicted molar refractivity (Wildman–Crippen MR) is 154 cm³/mol. The lowest BCUT2D eigenvalue weighted by molar-refractivity contribution is -0.114. The SMILES string of the molecule is C=CC(=O)N(CCCc1ccc(C)c(C)c1)c1cc(OCCCCCC)c(O)c(OCCCCCC)c1. The molecule has 5 heteroatoms. The number of unbranched alkanes of at least 4 members (excludes halogenated alkanes) is 6. The second-order valence-electron chi connectivity index (χ2n) is 9.83. The second kappa shape index (κ2) is 16.7. The maximum Gasteiger partial charge on any atom is 0.250 e. The third-order valence-corrected chi connectivity index (χ3v) is 6.71. The molecule has 0 aromatic heterocycles. The highest BCUT2D eigenvalue weighted by atomic mass is 16.5. The van der Waals surface area contributed by atoms with Crippen molar-refractivity contribution in [2.45, 2.75) is 91.9 Å². The van der Waals surface area contributed by atoms with Gasteiger partial charge in [0.05, 0.1) is 18.9 Å². The van der Waals surface area contributed by atoms with E-state index in [1.807, 2.05) is 0 Å². The lowest BCUT2D eigenvalue weighted by Gasteiger charge is -2.24. The van der Waals surface area contributed by atoms with Gasteiger partial charge in [-0.15, -0.1) is 0 Å². The van der Waals surface area contributed by atoms with E-state index in [1.165, 1.54) is 22.8 Å². The van der Waals surface area contributed by atoms with Crippen LogP contribution in [0.4, 0.5) is 5.69 Å². The molecule has 204 valence electrons. The maximum absolute atomic E-state index is 12.9. The van der Waals surface area contributed by atoms with Crippen LogP contribution in [-0.2, 0) is 11.2 Å². The highest BCUT2D eigenvalue weighted by Gasteiger charge is 2.20. The summed E-state index contributed by atoms with van der Waals surface area (Å²) >= 11 is 0. The summed E-state index contributed by atoms with van der Waals surface area (Å²) in [6.07, 6.45) is 11.6. The molecule has 2 aromatic rings. The quantitative estimate of drug-likeness (QED) is 0.163. The van der Waals surface area contributed by atoms with Gasteiger partial charge in [-0.05, 0) is 62.3 Å². The third-order valence-electron chi connectivity index (χ3n) is 6.71. The van der Waals surface area contributed by atoms with Crippen LogP contribution >= 0.6 is 0 Å². The zero-order valence-corrected chi connectivity index (χ0v) is 23.5. The van der Waals surface area contributed by atoms with Crippen molar-refractivity contribution >= 4 is 11.6 Å². The number of ether oxygens (including phenoxy) is 2. The Balaban J connectivity index is 2.22. The molecular weight excluding hydrogens is 462 g/mol. The molecule has 0 bridgehead atoms. The maximum atomic E-state index is 12.9. The summed E-state index contributed by atoms with van der Waals surface area (Å²) in [6.45, 7) is 13.8. The molecule has 0 unspecified atom stereocenters. The minimum atomic E-state index is -0.187. The normalized spacial score (nSPS) is 10.8. The lowest BCUT2D eigenvalue weighted by Crippen LogP contribution is -2.30. The summed E-state index contributed by atoms with van der Waals surface area (Å²) in [6, 6.07) is 10.0. The van der Waals surface area contributed by atoms with Crippen molar-refractivity contribution in [2.24, 2.45) is 0 Å². The zero-order valence-electron chi connectivity index (χ0n) is 23.5. The third kappa shape index (κ3) is 10.1. The van der Waals surface area contributed by atoms with Gasteiger partial charge in [-0.1, -0.05) is 77.2 Å². The summed E-state index contributed by atoms with van der Waals surface area (Å²) in [5, 5.41) is 10.9. The van der Waals surface area contributed by atoms with E-state index in [9.17, 15) is 9.90 Å². The van der Waals surface area contributed by atoms with Crippen molar-refractivity contribution in [1.82, 2.24) is 0 Å². The fourth-order valence-electron chi connectivity index (χ4n) is 4.24. The number of phenols is 1. The van der Waals surface area contributed by atoms with Crippen molar-refractivity contribution in [3.8, 4) is 17.2 Å². The molecule has 0 spiro atoms. The number of nitrogens with zero attached hydrogens (tertiary/aromatic N) is 1. The Kier molecular flexibility index (Phi) is 13.7. The predicted octanol–water partition coefficient (Wildman–Crippen LogP) is 8.08. The number of carbonyl (C=O) groups is 1. The molecule has 0 saturated heterocycles. The first kappa shape index (κ1) is 30.3. The van der Waals surface area contributed by atoms with Gasteiger partial charge in [-0.2, -0.15) is 0 Å². The van der Waals surface area contributed by atoms with Gasteiger partial charge in [0, 0.05) is 18.7 Å². The molecule has 5 nitrogen and oxygen atoms in total. The average molecular weight is 510 g/mol. The number of hydrogen-bond acceptors (Lipinski definition) is 4. The minimum absolute atomic E-state index is 0.00383. The van der Waals surface area contributed by atoms with Gasteiger partial charge in [-0.3, -0.25) is 4.79 Å². The van der Waals surface area contributed by atoms with E-state index in [0.29, 0.717) is 36.9 Å². The van der Waals surface area contributed by atoms with Gasteiger partial charge in [-0.25, -0.2) is 0 Å². The van der Waals surface area contributed by atoms with Crippen LogP contribution in [0.25, 0.3) is 0 Å². The zero-order chi connectivity index (χ0) is 27.0. The molecule has 0 heterocycles. The average Bonchev–Trinajstić information content (AvgIpc) is 2.89. The monoisotopic (exact) mass is 509 g/mol. The molecule has 0 aliphatic heterocycles. The number of phenolic OH excluding ortho intramolecular Hbond substituents is 1. The van der Waals surface area contributed by atoms with Gasteiger partial charge >= 0.3 is 0 Å². The number of aromatic hydroxyl groups is 1. The number of benzene rings is 2. The molecule has 37 heavy (non-hydrogen) atoms. The molecule has 1 amide bonds. The van der Waals surface area contributed by atoms with Crippen molar-refractivity contribution in [3.63, 3.8) is 0 Å². The summed E-state index contributed by atoms with van der Waals surface area (Å²) in [5.41, 5.74) is 4.46. The van der Waals surface area contributed by atoms with Crippen molar-refractivity contribution < 1.29 is 19.4 Å². The molecule has 0 aliphatic rings. The number of carbonyl (C=O) groups excluding carboxylic acids is 1. The molecule has 0 atom stereocenters. The Morgan fingerprint density at radius 2 is 1.46 bits per heavy atom. The topological polar surface area (TPSA) is 59.0 Å². The van der Waals surface area contributed by atoms with Crippen LogP contribution < -0.4 is 14.4 Å². The second-order valence-corrected chi connectivity index (χ2v) is 9.83. The van der Waals surface area contributed by atoms with Gasteiger partial charge in [0.2, 0.25) is 11.7 Å². The van der Waals surface area contributed by atoms with E-state index in [0.717, 1.165) is 64.2 Å². The van der Waals surface area contributed by atoms with E-state index >= 15 is 0 Å². The molecule has 0 saturated carbocycles. The molecule has 0 radical (unpaired) electrons. The summed E-state index contributed by atoms with van der Waals surface area (Å²) in [4.78, 5) is 14.6. The van der Waals surface area contributed by atoms with Gasteiger partial charge in [0.1, 0.15) is 0 Å². The van der Waals surface area contributed by atoms with Gasteiger partial charge in [0.15, 0.2) is 11.5 Å². The van der Waals surface area contributed by atoms with Crippen LogP contribution in [0.1, 0.15) is 88.3 Å². The standard InChI is InChI=1S/C32H47NO4/c1-6-9-11-13-20-36-29-23-28(24-30(32(29)35)37-21-14-12-10-7-2)33(31(34)8-3)19-15-16-27-18-17-25(4)26(5)22-27/h8,17-18,22-24,35H,3,6-7,9-16,19-21H2,1-2,4-5H3. The summed E-state index contributed by atoms with van der Waals surface area (Å²) in [7, 11) is 0. The van der Waals surface area contributed by atoms with Crippen molar-refractivity contribution in [3.05, 3.63) is 59.7 Å². The van der Waals surface area contributed by atoms with E-state index in [2.05, 4.69) is 52.5 Å². The van der Waals surface area contributed by atoms with Crippen LogP contribution in [0.2, 0.25) is 0 Å². The van der Waals surface area contributed by atoms with Gasteiger partial charge in [0.25, 0.3) is 0 Å². The first-order chi connectivity index (χ1) is 17.9. The van der Waals surface area contributed by atoms with E-state index in [-0.39, 0.29) is 11.7 Å². The molecule has 2 rings (SSSR count). The lowest BCUT2D eigenvalue weighted by atomic mass is 10.0. The molecule has 0 aliphatic carbocycles. The van der Waals surface area contributed by atoms with Crippen LogP contribution in [0.3, 0.4) is 0 Å². The number of anilines is 1. The van der Waals surface area contributed by atoms with E-state index in [1.54, 1.807) is 17.0 Å².